The van der Waals surface area contributed by atoms with Crippen LogP contribution >= 0.6 is 0 Å². The molecule has 70 valence electrons. The summed E-state index contributed by atoms with van der Waals surface area (Å²) < 4.78 is 0. The Morgan fingerprint density at radius 1 is 1.00 bits per heavy atom. The quantitative estimate of drug-likeness (QED) is 0.608. The Morgan fingerprint density at radius 3 is 1.55 bits per heavy atom. The van der Waals surface area contributed by atoms with Crippen LogP contribution in [0.3, 0.4) is 0 Å². The van der Waals surface area contributed by atoms with E-state index in [1.54, 1.807) is 0 Å². The predicted octanol–water partition coefficient (Wildman–Crippen LogP) is 0.252. The van der Waals surface area contributed by atoms with Crippen LogP contribution in [0.25, 0.3) is 0 Å². The molecule has 0 spiro atoms. The minimum absolute atomic E-state index is 0.730. The lowest BCUT2D eigenvalue weighted by Gasteiger charge is -2.17. The molecule has 0 radical (unpaired) electrons. The van der Waals surface area contributed by atoms with Gasteiger partial charge in [-0.1, -0.05) is 20.8 Å². The molecule has 0 aromatic carbocycles. The summed E-state index contributed by atoms with van der Waals surface area (Å²) in [5, 5.41) is 0. The van der Waals surface area contributed by atoms with Crippen LogP contribution in [0.4, 0.5) is 0 Å². The molecular weight excluding hydrogens is 138 g/mol. The molecule has 0 atom stereocenters. The molecule has 0 fully saturated rings. The third-order valence-electron chi connectivity index (χ3n) is 1.34. The van der Waals surface area contributed by atoms with Gasteiger partial charge in [0.05, 0.1) is 0 Å². The van der Waals surface area contributed by atoms with Crippen LogP contribution in [-0.4, -0.2) is 37.6 Å². The largest absolute Gasteiger partial charge is 0.329 e. The minimum Gasteiger partial charge on any atom is -0.329 e. The summed E-state index contributed by atoms with van der Waals surface area (Å²) in [6.45, 7) is 10.6. The lowest BCUT2D eigenvalue weighted by Crippen LogP contribution is -2.33. The lowest BCUT2D eigenvalue weighted by molar-refractivity contribution is 0.304. The average molecular weight is 161 g/mol. The van der Waals surface area contributed by atoms with Gasteiger partial charge in [-0.15, -0.1) is 0 Å². The average Bonchev–Trinajstić information content (AvgIpc) is 2.08. The fourth-order valence-electron chi connectivity index (χ4n) is 0.793. The summed E-state index contributed by atoms with van der Waals surface area (Å²) in [4.78, 5) is 2.24. The smallest absolute Gasteiger partial charge is 0.0105 e. The Labute approximate surface area is 70.7 Å². The molecule has 0 aromatic rings. The topological polar surface area (TPSA) is 55.3 Å². The maximum Gasteiger partial charge on any atom is 0.0105 e. The number of nitrogens with zero attached hydrogens (tertiary/aromatic N) is 1. The van der Waals surface area contributed by atoms with Gasteiger partial charge in [0, 0.05) is 26.2 Å². The third-order valence-corrected chi connectivity index (χ3v) is 1.34. The summed E-state index contributed by atoms with van der Waals surface area (Å²) in [7, 11) is 0. The van der Waals surface area contributed by atoms with Gasteiger partial charge in [0.25, 0.3) is 0 Å². The first-order valence-electron chi connectivity index (χ1n) is 4.47. The molecule has 0 heterocycles. The van der Waals surface area contributed by atoms with Crippen molar-refractivity contribution in [1.82, 2.24) is 4.90 Å². The highest BCUT2D eigenvalue weighted by atomic mass is 15.1. The van der Waals surface area contributed by atoms with Crippen LogP contribution < -0.4 is 11.5 Å². The van der Waals surface area contributed by atoms with Crippen LogP contribution in [0.2, 0.25) is 0 Å². The summed E-state index contributed by atoms with van der Waals surface area (Å²) in [5.74, 6) is 0. The zero-order chi connectivity index (χ0) is 9.11. The van der Waals surface area contributed by atoms with Gasteiger partial charge in [-0.05, 0) is 6.54 Å². The van der Waals surface area contributed by atoms with E-state index < -0.39 is 0 Å². The predicted molar refractivity (Wildman–Crippen MR) is 51.6 cm³/mol. The molecule has 0 amide bonds. The molecule has 0 saturated heterocycles. The molecule has 0 aromatic heterocycles. The van der Waals surface area contributed by atoms with E-state index in [-0.39, 0.29) is 0 Å². The van der Waals surface area contributed by atoms with Crippen molar-refractivity contribution in [2.45, 2.75) is 20.8 Å². The summed E-state index contributed by atoms with van der Waals surface area (Å²) in [5.41, 5.74) is 10.7. The maximum atomic E-state index is 5.35. The molecular formula is C8H23N3. The molecule has 0 rings (SSSR count). The monoisotopic (exact) mass is 161 g/mol. The van der Waals surface area contributed by atoms with E-state index in [1.807, 2.05) is 13.8 Å². The molecule has 11 heavy (non-hydrogen) atoms. The maximum absolute atomic E-state index is 5.35. The van der Waals surface area contributed by atoms with E-state index in [1.165, 1.54) is 0 Å². The first kappa shape index (κ1) is 13.5. The van der Waals surface area contributed by atoms with E-state index in [2.05, 4.69) is 11.8 Å². The molecule has 0 aliphatic rings. The van der Waals surface area contributed by atoms with Crippen molar-refractivity contribution in [3.05, 3.63) is 0 Å². The van der Waals surface area contributed by atoms with Crippen molar-refractivity contribution in [2.75, 3.05) is 32.7 Å². The van der Waals surface area contributed by atoms with E-state index in [9.17, 15) is 0 Å². The normalized spacial score (nSPS) is 9.27. The fraction of sp³-hybridized carbons (Fsp3) is 1.00. The highest BCUT2D eigenvalue weighted by Crippen LogP contribution is 1.81. The minimum atomic E-state index is 0.730. The number of rotatable bonds is 5. The van der Waals surface area contributed by atoms with Crippen molar-refractivity contribution in [3.8, 4) is 0 Å². The zero-order valence-corrected chi connectivity index (χ0v) is 8.14. The first-order chi connectivity index (χ1) is 5.35. The summed E-state index contributed by atoms with van der Waals surface area (Å²) in [6, 6.07) is 0. The molecule has 3 heteroatoms. The van der Waals surface area contributed by atoms with Gasteiger partial charge >= 0.3 is 0 Å². The molecule has 0 saturated carbocycles. The van der Waals surface area contributed by atoms with Crippen molar-refractivity contribution in [1.29, 1.82) is 0 Å². The van der Waals surface area contributed by atoms with E-state index in [0.29, 0.717) is 0 Å². The molecule has 0 bridgehead atoms. The third kappa shape index (κ3) is 9.88. The van der Waals surface area contributed by atoms with E-state index >= 15 is 0 Å². The molecule has 0 aliphatic heterocycles. The highest BCUT2D eigenvalue weighted by Gasteiger charge is 1.96. The SMILES string of the molecule is CC.CCN(CCN)CCN. The Morgan fingerprint density at radius 2 is 1.36 bits per heavy atom. The van der Waals surface area contributed by atoms with Gasteiger partial charge < -0.3 is 16.4 Å². The summed E-state index contributed by atoms with van der Waals surface area (Å²) in [6.07, 6.45) is 0. The van der Waals surface area contributed by atoms with E-state index in [4.69, 9.17) is 11.5 Å². The second kappa shape index (κ2) is 12.5. The first-order valence-corrected chi connectivity index (χ1v) is 4.47. The van der Waals surface area contributed by atoms with E-state index in [0.717, 1.165) is 32.7 Å². The van der Waals surface area contributed by atoms with Gasteiger partial charge in [0.2, 0.25) is 0 Å². The van der Waals surface area contributed by atoms with Crippen LogP contribution in [-0.2, 0) is 0 Å². The number of likely N-dealkylation sites (N-methyl/N-ethyl adjacent to an activating group) is 1. The number of hydrogen-bond donors (Lipinski definition) is 2. The van der Waals surface area contributed by atoms with Crippen molar-refractivity contribution in [2.24, 2.45) is 11.5 Å². The van der Waals surface area contributed by atoms with Crippen molar-refractivity contribution >= 4 is 0 Å². The Kier molecular flexibility index (Phi) is 15.4. The van der Waals surface area contributed by atoms with Crippen LogP contribution in [0.5, 0.6) is 0 Å². The molecule has 3 nitrogen and oxygen atoms in total. The Bertz CT molecular complexity index is 51.3. The molecule has 0 unspecified atom stereocenters. The van der Waals surface area contributed by atoms with Gasteiger partial charge in [-0.25, -0.2) is 0 Å². The summed E-state index contributed by atoms with van der Waals surface area (Å²) >= 11 is 0. The zero-order valence-electron chi connectivity index (χ0n) is 8.14. The lowest BCUT2D eigenvalue weighted by atomic mass is 10.4. The van der Waals surface area contributed by atoms with Gasteiger partial charge in [-0.3, -0.25) is 0 Å². The van der Waals surface area contributed by atoms with Crippen molar-refractivity contribution in [3.63, 3.8) is 0 Å². The Hall–Kier alpha value is -0.120. The second-order valence-corrected chi connectivity index (χ2v) is 2.01. The van der Waals surface area contributed by atoms with Gasteiger partial charge in [-0.2, -0.15) is 0 Å². The van der Waals surface area contributed by atoms with Crippen LogP contribution in [0.1, 0.15) is 20.8 Å². The van der Waals surface area contributed by atoms with Gasteiger partial charge in [0.1, 0.15) is 0 Å². The molecule has 4 N–H and O–H groups in total. The molecule has 0 aliphatic carbocycles. The van der Waals surface area contributed by atoms with Crippen LogP contribution in [0, 0.1) is 0 Å². The Balaban J connectivity index is 0. The number of nitrogens with two attached hydrogens (primary N) is 2. The number of hydrogen-bond acceptors (Lipinski definition) is 3. The fourth-order valence-corrected chi connectivity index (χ4v) is 0.793. The van der Waals surface area contributed by atoms with Crippen molar-refractivity contribution < 1.29 is 0 Å². The van der Waals surface area contributed by atoms with Gasteiger partial charge in [0.15, 0.2) is 0 Å². The highest BCUT2D eigenvalue weighted by molar-refractivity contribution is 4.54. The standard InChI is InChI=1S/C6H17N3.C2H6/c1-2-9(5-3-7)6-4-8;1-2/h2-8H2,1H3;1-2H3. The van der Waals surface area contributed by atoms with Crippen LogP contribution in [0.15, 0.2) is 0 Å². The second-order valence-electron chi connectivity index (χ2n) is 2.01.